The third kappa shape index (κ3) is 3.70. The zero-order valence-electron chi connectivity index (χ0n) is 14.7. The fourth-order valence-electron chi connectivity index (χ4n) is 2.92. The Kier molecular flexibility index (Phi) is 4.88. The van der Waals surface area contributed by atoms with E-state index in [-0.39, 0.29) is 12.5 Å². The van der Waals surface area contributed by atoms with Crippen molar-refractivity contribution in [1.82, 2.24) is 24.3 Å². The zero-order valence-corrected chi connectivity index (χ0v) is 15.6. The van der Waals surface area contributed by atoms with E-state index in [1.54, 1.807) is 22.8 Å². The fraction of sp³-hybridized carbons (Fsp3) is 0.158. The second kappa shape index (κ2) is 7.63. The molecular formula is C19H18N6OS. The molecule has 0 saturated heterocycles. The number of fused-ring (bicyclic) bond motifs is 1. The normalized spacial score (nSPS) is 11.0. The highest BCUT2D eigenvalue weighted by Gasteiger charge is 2.13. The number of para-hydroxylation sites is 2. The number of aromatic nitrogens is 5. The number of anilines is 1. The number of carbonyl (C=O) groups excluding carboxylic acids is 1. The molecule has 0 bridgehead atoms. The Balaban J connectivity index is 1.51. The summed E-state index contributed by atoms with van der Waals surface area (Å²) in [5.74, 6) is 1.57. The van der Waals surface area contributed by atoms with Crippen LogP contribution in [0.3, 0.4) is 0 Å². The first-order valence-corrected chi connectivity index (χ1v) is 9.82. The van der Waals surface area contributed by atoms with Crippen LogP contribution in [0, 0.1) is 0 Å². The average Bonchev–Trinajstić information content (AvgIpc) is 3.32. The molecule has 4 rings (SSSR count). The van der Waals surface area contributed by atoms with E-state index in [0.717, 1.165) is 34.0 Å². The van der Waals surface area contributed by atoms with Gasteiger partial charge >= 0.3 is 0 Å². The lowest BCUT2D eigenvalue weighted by molar-refractivity contribution is -0.116. The van der Waals surface area contributed by atoms with Crippen molar-refractivity contribution >= 4 is 34.4 Å². The molecule has 8 heteroatoms. The Bertz CT molecular complexity index is 1060. The highest BCUT2D eigenvalue weighted by molar-refractivity contribution is 7.97. The van der Waals surface area contributed by atoms with Gasteiger partial charge in [-0.25, -0.2) is 14.6 Å². The van der Waals surface area contributed by atoms with Crippen molar-refractivity contribution in [3.05, 3.63) is 67.0 Å². The smallest absolute Gasteiger partial charge is 0.244 e. The molecule has 2 aromatic carbocycles. The number of nitrogens with zero attached hydrogens (tertiary/aromatic N) is 5. The van der Waals surface area contributed by atoms with Crippen LogP contribution in [-0.2, 0) is 17.1 Å². The van der Waals surface area contributed by atoms with Gasteiger partial charge in [-0.1, -0.05) is 12.1 Å². The molecule has 0 aliphatic carbocycles. The lowest BCUT2D eigenvalue weighted by Crippen LogP contribution is -2.20. The summed E-state index contributed by atoms with van der Waals surface area (Å²) in [6, 6.07) is 15.4. The minimum atomic E-state index is -0.0889. The van der Waals surface area contributed by atoms with Gasteiger partial charge in [-0.05, 0) is 42.7 Å². The molecule has 0 fully saturated rings. The number of rotatable bonds is 6. The number of hydrogen-bond acceptors (Lipinski definition) is 5. The summed E-state index contributed by atoms with van der Waals surface area (Å²) in [4.78, 5) is 21.2. The summed E-state index contributed by atoms with van der Waals surface area (Å²) in [5.41, 5.74) is 3.50. The number of imidazole rings is 1. The van der Waals surface area contributed by atoms with Crippen molar-refractivity contribution < 1.29 is 4.79 Å². The van der Waals surface area contributed by atoms with Crippen molar-refractivity contribution in [2.24, 2.45) is 0 Å². The standard InChI is InChI=1S/C19H18N6OS/c1-27-11-18-23-16-4-2-3-5-17(16)24(18)10-19(26)22-14-6-8-15(9-7-14)25-13-20-12-21-25/h2-9,12-13H,10-11H2,1H3,(H,22,26). The van der Waals surface area contributed by atoms with Crippen LogP contribution in [0.2, 0.25) is 0 Å². The van der Waals surface area contributed by atoms with Crippen molar-refractivity contribution in [2.45, 2.75) is 12.3 Å². The molecule has 0 aliphatic rings. The van der Waals surface area contributed by atoms with E-state index in [9.17, 15) is 4.79 Å². The maximum absolute atomic E-state index is 12.6. The van der Waals surface area contributed by atoms with Crippen LogP contribution in [-0.4, -0.2) is 36.5 Å². The maximum atomic E-state index is 12.6. The van der Waals surface area contributed by atoms with E-state index in [2.05, 4.69) is 20.4 Å². The minimum absolute atomic E-state index is 0.0889. The topological polar surface area (TPSA) is 77.6 Å². The molecule has 2 aromatic heterocycles. The summed E-state index contributed by atoms with van der Waals surface area (Å²) in [5, 5.41) is 7.04. The molecule has 0 atom stereocenters. The van der Waals surface area contributed by atoms with E-state index in [4.69, 9.17) is 0 Å². The van der Waals surface area contributed by atoms with Gasteiger partial charge in [0.2, 0.25) is 5.91 Å². The second-order valence-electron chi connectivity index (χ2n) is 5.97. The summed E-state index contributed by atoms with van der Waals surface area (Å²) < 4.78 is 3.64. The van der Waals surface area contributed by atoms with Crippen LogP contribution in [0.15, 0.2) is 61.2 Å². The molecule has 4 aromatic rings. The molecule has 1 amide bonds. The third-order valence-corrected chi connectivity index (χ3v) is 4.69. The lowest BCUT2D eigenvalue weighted by atomic mass is 10.3. The van der Waals surface area contributed by atoms with Gasteiger partial charge in [0.1, 0.15) is 25.0 Å². The molecule has 0 saturated carbocycles. The zero-order chi connectivity index (χ0) is 18.6. The van der Waals surface area contributed by atoms with Gasteiger partial charge in [0, 0.05) is 5.69 Å². The van der Waals surface area contributed by atoms with Crippen LogP contribution < -0.4 is 5.32 Å². The molecule has 27 heavy (non-hydrogen) atoms. The van der Waals surface area contributed by atoms with Gasteiger partial charge in [0.05, 0.1) is 22.5 Å². The number of hydrogen-bond donors (Lipinski definition) is 1. The molecule has 0 spiro atoms. The first-order valence-electron chi connectivity index (χ1n) is 8.42. The Labute approximate surface area is 160 Å². The van der Waals surface area contributed by atoms with Gasteiger partial charge in [-0.15, -0.1) is 0 Å². The average molecular weight is 378 g/mol. The predicted molar refractivity (Wildman–Crippen MR) is 107 cm³/mol. The quantitative estimate of drug-likeness (QED) is 0.558. The molecule has 2 heterocycles. The summed E-state index contributed by atoms with van der Waals surface area (Å²) in [7, 11) is 0. The Morgan fingerprint density at radius 1 is 1.15 bits per heavy atom. The highest BCUT2D eigenvalue weighted by atomic mass is 32.2. The predicted octanol–water partition coefficient (Wildman–Crippen LogP) is 3.12. The Hall–Kier alpha value is -3.13. The van der Waals surface area contributed by atoms with E-state index in [1.807, 2.05) is 59.4 Å². The minimum Gasteiger partial charge on any atom is -0.325 e. The molecule has 136 valence electrons. The second-order valence-corrected chi connectivity index (χ2v) is 6.84. The van der Waals surface area contributed by atoms with Crippen LogP contribution in [0.4, 0.5) is 5.69 Å². The molecule has 0 aliphatic heterocycles. The SMILES string of the molecule is CSCc1nc2ccccc2n1CC(=O)Nc1ccc(-n2cncn2)cc1. The van der Waals surface area contributed by atoms with Crippen molar-refractivity contribution in [3.63, 3.8) is 0 Å². The van der Waals surface area contributed by atoms with E-state index in [0.29, 0.717) is 0 Å². The van der Waals surface area contributed by atoms with Gasteiger partial charge < -0.3 is 9.88 Å². The molecular weight excluding hydrogens is 360 g/mol. The summed E-state index contributed by atoms with van der Waals surface area (Å²) >= 11 is 1.69. The van der Waals surface area contributed by atoms with Gasteiger partial charge in [-0.2, -0.15) is 16.9 Å². The number of benzene rings is 2. The molecule has 0 unspecified atom stereocenters. The number of carbonyl (C=O) groups is 1. The lowest BCUT2D eigenvalue weighted by Gasteiger charge is -2.10. The van der Waals surface area contributed by atoms with E-state index in [1.165, 1.54) is 6.33 Å². The maximum Gasteiger partial charge on any atom is 0.244 e. The van der Waals surface area contributed by atoms with Crippen LogP contribution >= 0.6 is 11.8 Å². The summed E-state index contributed by atoms with van der Waals surface area (Å²) in [6.07, 6.45) is 5.14. The van der Waals surface area contributed by atoms with Gasteiger partial charge in [-0.3, -0.25) is 4.79 Å². The first-order chi connectivity index (χ1) is 13.2. The van der Waals surface area contributed by atoms with Crippen molar-refractivity contribution in [1.29, 1.82) is 0 Å². The summed E-state index contributed by atoms with van der Waals surface area (Å²) in [6.45, 7) is 0.223. The molecule has 0 radical (unpaired) electrons. The van der Waals surface area contributed by atoms with Gasteiger partial charge in [0.25, 0.3) is 0 Å². The van der Waals surface area contributed by atoms with Crippen molar-refractivity contribution in [3.8, 4) is 5.69 Å². The molecule has 1 N–H and O–H groups in total. The highest BCUT2D eigenvalue weighted by Crippen LogP contribution is 2.19. The van der Waals surface area contributed by atoms with Crippen LogP contribution in [0.25, 0.3) is 16.7 Å². The molecule has 7 nitrogen and oxygen atoms in total. The largest absolute Gasteiger partial charge is 0.325 e. The van der Waals surface area contributed by atoms with Gasteiger partial charge in [0.15, 0.2) is 0 Å². The number of thioether (sulfide) groups is 1. The third-order valence-electron chi connectivity index (χ3n) is 4.14. The number of nitrogens with one attached hydrogen (secondary N) is 1. The first kappa shape index (κ1) is 17.3. The fourth-order valence-corrected chi connectivity index (χ4v) is 3.40. The van der Waals surface area contributed by atoms with E-state index >= 15 is 0 Å². The Morgan fingerprint density at radius 2 is 1.96 bits per heavy atom. The monoisotopic (exact) mass is 378 g/mol. The van der Waals surface area contributed by atoms with Crippen LogP contribution in [0.5, 0.6) is 0 Å². The van der Waals surface area contributed by atoms with Crippen LogP contribution in [0.1, 0.15) is 5.82 Å². The number of amides is 1. The van der Waals surface area contributed by atoms with Crippen molar-refractivity contribution in [2.75, 3.05) is 11.6 Å². The Morgan fingerprint density at radius 3 is 2.70 bits per heavy atom. The van der Waals surface area contributed by atoms with E-state index < -0.39 is 0 Å².